The molecule has 0 amide bonds. The first-order chi connectivity index (χ1) is 8.61. The third-order valence-electron chi connectivity index (χ3n) is 3.08. The molecule has 0 aromatic rings. The molecule has 0 radical (unpaired) electrons. The summed E-state index contributed by atoms with van der Waals surface area (Å²) in [6, 6.07) is -0.289. The number of nitrogens with two attached hydrogens (primary N) is 1. The molecule has 0 spiro atoms. The Labute approximate surface area is 108 Å². The first-order valence-corrected chi connectivity index (χ1v) is 6.18. The van der Waals surface area contributed by atoms with Gasteiger partial charge < -0.3 is 24.7 Å². The second kappa shape index (κ2) is 7.68. The van der Waals surface area contributed by atoms with Gasteiger partial charge in [-0.15, -0.1) is 0 Å². The van der Waals surface area contributed by atoms with Crippen molar-refractivity contribution in [2.75, 3.05) is 46.8 Å². The molecule has 6 nitrogen and oxygen atoms in total. The Morgan fingerprint density at radius 1 is 1.39 bits per heavy atom. The van der Waals surface area contributed by atoms with E-state index in [9.17, 15) is 4.79 Å². The van der Waals surface area contributed by atoms with Gasteiger partial charge in [-0.3, -0.25) is 4.79 Å². The highest BCUT2D eigenvalue weighted by Crippen LogP contribution is 2.28. The molecular formula is C12H23NO5. The number of ether oxygens (including phenoxy) is 4. The van der Waals surface area contributed by atoms with E-state index in [4.69, 9.17) is 24.7 Å². The quantitative estimate of drug-likeness (QED) is 0.487. The van der Waals surface area contributed by atoms with E-state index in [1.54, 1.807) is 14.0 Å². The maximum Gasteiger partial charge on any atom is 0.315 e. The van der Waals surface area contributed by atoms with E-state index in [-0.39, 0.29) is 12.0 Å². The topological polar surface area (TPSA) is 80.0 Å². The van der Waals surface area contributed by atoms with Gasteiger partial charge in [0, 0.05) is 26.2 Å². The predicted molar refractivity (Wildman–Crippen MR) is 65.2 cm³/mol. The summed E-state index contributed by atoms with van der Waals surface area (Å²) in [7, 11) is 1.62. The molecule has 18 heavy (non-hydrogen) atoms. The maximum absolute atomic E-state index is 11.9. The van der Waals surface area contributed by atoms with Crippen molar-refractivity contribution in [3.05, 3.63) is 0 Å². The molecule has 1 rings (SSSR count). The van der Waals surface area contributed by atoms with Gasteiger partial charge in [-0.05, 0) is 6.92 Å². The summed E-state index contributed by atoms with van der Waals surface area (Å²) in [4.78, 5) is 11.9. The molecule has 0 bridgehead atoms. The van der Waals surface area contributed by atoms with Crippen molar-refractivity contribution in [3.63, 3.8) is 0 Å². The number of carbonyl (C=O) groups is 1. The Morgan fingerprint density at radius 3 is 2.78 bits per heavy atom. The number of hydrogen-bond donors (Lipinski definition) is 1. The standard InChI is InChI=1S/C12H23NO5/c1-12(9-17-8-10(12)13)11(14)18-5-3-4-16-7-6-15-2/h10H,3-9,13H2,1-2H3. The Kier molecular flexibility index (Phi) is 6.56. The van der Waals surface area contributed by atoms with Crippen molar-refractivity contribution in [2.24, 2.45) is 11.1 Å². The molecule has 1 aliphatic rings. The first kappa shape index (κ1) is 15.4. The van der Waals surface area contributed by atoms with E-state index in [1.807, 2.05) is 0 Å². The molecule has 0 aromatic heterocycles. The Bertz CT molecular complexity index is 261. The van der Waals surface area contributed by atoms with Crippen LogP contribution in [0.2, 0.25) is 0 Å². The van der Waals surface area contributed by atoms with Gasteiger partial charge in [-0.2, -0.15) is 0 Å². The summed E-state index contributed by atoms with van der Waals surface area (Å²) >= 11 is 0. The van der Waals surface area contributed by atoms with Crippen LogP contribution in [-0.2, 0) is 23.7 Å². The van der Waals surface area contributed by atoms with Crippen molar-refractivity contribution < 1.29 is 23.7 Å². The third-order valence-corrected chi connectivity index (χ3v) is 3.08. The van der Waals surface area contributed by atoms with Gasteiger partial charge in [0.05, 0.1) is 33.0 Å². The third kappa shape index (κ3) is 4.20. The van der Waals surface area contributed by atoms with Crippen LogP contribution in [0, 0.1) is 5.41 Å². The average Bonchev–Trinajstić information content (AvgIpc) is 2.69. The first-order valence-electron chi connectivity index (χ1n) is 6.18. The fourth-order valence-electron chi connectivity index (χ4n) is 1.63. The molecule has 1 heterocycles. The molecular weight excluding hydrogens is 238 g/mol. The van der Waals surface area contributed by atoms with E-state index >= 15 is 0 Å². The Hall–Kier alpha value is -0.690. The zero-order valence-electron chi connectivity index (χ0n) is 11.1. The van der Waals surface area contributed by atoms with Crippen LogP contribution < -0.4 is 5.73 Å². The van der Waals surface area contributed by atoms with Crippen LogP contribution in [0.25, 0.3) is 0 Å². The van der Waals surface area contributed by atoms with Crippen molar-refractivity contribution in [2.45, 2.75) is 19.4 Å². The lowest BCUT2D eigenvalue weighted by molar-refractivity contribution is -0.155. The number of esters is 1. The normalized spacial score (nSPS) is 27.4. The molecule has 1 aliphatic heterocycles. The van der Waals surface area contributed by atoms with E-state index in [1.165, 1.54) is 0 Å². The van der Waals surface area contributed by atoms with Crippen molar-refractivity contribution >= 4 is 5.97 Å². The highest BCUT2D eigenvalue weighted by atomic mass is 16.5. The second-order valence-corrected chi connectivity index (χ2v) is 4.63. The fourth-order valence-corrected chi connectivity index (χ4v) is 1.63. The smallest absolute Gasteiger partial charge is 0.315 e. The number of carbonyl (C=O) groups excluding carboxylic acids is 1. The minimum atomic E-state index is -0.711. The summed E-state index contributed by atoms with van der Waals surface area (Å²) in [6.07, 6.45) is 0.668. The van der Waals surface area contributed by atoms with Gasteiger partial charge in [0.15, 0.2) is 0 Å². The van der Waals surface area contributed by atoms with Crippen molar-refractivity contribution in [1.29, 1.82) is 0 Å². The number of methoxy groups -OCH3 is 1. The van der Waals surface area contributed by atoms with Gasteiger partial charge in [0.1, 0.15) is 5.41 Å². The average molecular weight is 261 g/mol. The molecule has 0 saturated carbocycles. The molecule has 1 saturated heterocycles. The lowest BCUT2D eigenvalue weighted by atomic mass is 9.86. The maximum atomic E-state index is 11.9. The molecule has 1 fully saturated rings. The van der Waals surface area contributed by atoms with Crippen LogP contribution in [0.15, 0.2) is 0 Å². The number of rotatable bonds is 8. The lowest BCUT2D eigenvalue weighted by Gasteiger charge is -2.24. The van der Waals surface area contributed by atoms with Gasteiger partial charge >= 0.3 is 5.97 Å². The number of hydrogen-bond acceptors (Lipinski definition) is 6. The van der Waals surface area contributed by atoms with Crippen LogP contribution in [0.5, 0.6) is 0 Å². The minimum Gasteiger partial charge on any atom is -0.465 e. The lowest BCUT2D eigenvalue weighted by Crippen LogP contribution is -2.45. The highest BCUT2D eigenvalue weighted by Gasteiger charge is 2.45. The molecule has 0 aliphatic carbocycles. The molecule has 6 heteroatoms. The Morgan fingerprint density at radius 2 is 2.17 bits per heavy atom. The SMILES string of the molecule is COCCOCCCOC(=O)C1(C)COCC1N. The monoisotopic (exact) mass is 261 g/mol. The summed E-state index contributed by atoms with van der Waals surface area (Å²) < 4.78 is 20.5. The summed E-state index contributed by atoms with van der Waals surface area (Å²) in [6.45, 7) is 4.54. The van der Waals surface area contributed by atoms with Gasteiger partial charge in [-0.25, -0.2) is 0 Å². The van der Waals surface area contributed by atoms with Crippen molar-refractivity contribution in [3.8, 4) is 0 Å². The van der Waals surface area contributed by atoms with Crippen LogP contribution >= 0.6 is 0 Å². The highest BCUT2D eigenvalue weighted by molar-refractivity contribution is 5.78. The molecule has 0 aromatic carbocycles. The minimum absolute atomic E-state index is 0.288. The zero-order valence-corrected chi connectivity index (χ0v) is 11.1. The summed E-state index contributed by atoms with van der Waals surface area (Å²) in [5.41, 5.74) is 5.12. The van der Waals surface area contributed by atoms with Crippen LogP contribution in [0.1, 0.15) is 13.3 Å². The van der Waals surface area contributed by atoms with E-state index in [0.717, 1.165) is 0 Å². The van der Waals surface area contributed by atoms with E-state index < -0.39 is 5.41 Å². The summed E-state index contributed by atoms with van der Waals surface area (Å²) in [5.74, 6) is -0.288. The van der Waals surface area contributed by atoms with Crippen LogP contribution in [0.4, 0.5) is 0 Å². The van der Waals surface area contributed by atoms with E-state index in [2.05, 4.69) is 0 Å². The van der Waals surface area contributed by atoms with Gasteiger partial charge in [0.25, 0.3) is 0 Å². The van der Waals surface area contributed by atoms with Crippen LogP contribution in [-0.4, -0.2) is 58.8 Å². The van der Waals surface area contributed by atoms with Gasteiger partial charge in [-0.1, -0.05) is 0 Å². The molecule has 2 unspecified atom stereocenters. The zero-order chi connectivity index (χ0) is 13.4. The summed E-state index contributed by atoms with van der Waals surface area (Å²) in [5, 5.41) is 0. The molecule has 2 atom stereocenters. The molecule has 106 valence electrons. The molecule has 2 N–H and O–H groups in total. The fraction of sp³-hybridized carbons (Fsp3) is 0.917. The van der Waals surface area contributed by atoms with Crippen molar-refractivity contribution in [1.82, 2.24) is 0 Å². The van der Waals surface area contributed by atoms with Gasteiger partial charge in [0.2, 0.25) is 0 Å². The largest absolute Gasteiger partial charge is 0.465 e. The second-order valence-electron chi connectivity index (χ2n) is 4.63. The van der Waals surface area contributed by atoms with Crippen LogP contribution in [0.3, 0.4) is 0 Å². The van der Waals surface area contributed by atoms with E-state index in [0.29, 0.717) is 46.1 Å². The predicted octanol–water partition coefficient (Wildman–Crippen LogP) is -0.0535. The Balaban J connectivity index is 2.10.